The Balaban J connectivity index is 1.06. The molecule has 11 atom stereocenters. The number of ether oxygens (including phenoxy) is 2. The van der Waals surface area contributed by atoms with Gasteiger partial charge in [-0.2, -0.15) is 0 Å². The minimum absolute atomic E-state index is 0.135. The van der Waals surface area contributed by atoms with Gasteiger partial charge in [0, 0.05) is 13.0 Å². The van der Waals surface area contributed by atoms with Crippen molar-refractivity contribution in [3.63, 3.8) is 0 Å². The minimum atomic E-state index is -0.717. The third-order valence-corrected chi connectivity index (χ3v) is 13.5. The van der Waals surface area contributed by atoms with Crippen LogP contribution in [0.2, 0.25) is 0 Å². The molecule has 48 heavy (non-hydrogen) atoms. The molecule has 4 aliphatic carbocycles. The zero-order chi connectivity index (χ0) is 34.5. The summed E-state index contributed by atoms with van der Waals surface area (Å²) >= 11 is 0. The van der Waals surface area contributed by atoms with Crippen molar-refractivity contribution in [3.05, 3.63) is 35.9 Å². The Morgan fingerprint density at radius 3 is 2.42 bits per heavy atom. The van der Waals surface area contributed by atoms with Crippen LogP contribution in [0.5, 0.6) is 0 Å². The number of esters is 1. The van der Waals surface area contributed by atoms with Crippen LogP contribution in [0, 0.1) is 46.3 Å². The molecule has 0 heterocycles. The molecule has 5 unspecified atom stereocenters. The number of rotatable bonds is 13. The number of alkyl carbamates (subject to hydrolysis) is 1. The number of carbonyl (C=O) groups excluding carboxylic acids is 3. The Morgan fingerprint density at radius 2 is 1.67 bits per heavy atom. The molecule has 9 nitrogen and oxygen atoms in total. The quantitative estimate of drug-likeness (QED) is 0.146. The van der Waals surface area contributed by atoms with Crippen LogP contribution in [0.1, 0.15) is 110 Å². The Kier molecular flexibility index (Phi) is 12.1. The lowest BCUT2D eigenvalue weighted by Crippen LogP contribution is -2.58. The van der Waals surface area contributed by atoms with Crippen molar-refractivity contribution in [3.8, 4) is 0 Å². The molecule has 0 radical (unpaired) electrons. The monoisotopic (exact) mass is 668 g/mol. The molecule has 5 rings (SSSR count). The SMILES string of the molecule is COC(=O)[C@H](CCCCNC(=O)OCc1ccccc1)NC(=O)CC[C@@H](C)C1CCC2C3C(CC[C@@]21C)[C@@]1(C)CC[C@@H](O)CC1C[C@@H]3O. The van der Waals surface area contributed by atoms with E-state index in [1.165, 1.54) is 13.5 Å². The molecular weight excluding hydrogens is 608 g/mol. The van der Waals surface area contributed by atoms with Crippen LogP contribution in [0.3, 0.4) is 0 Å². The van der Waals surface area contributed by atoms with Crippen LogP contribution in [-0.4, -0.2) is 60.1 Å². The smallest absolute Gasteiger partial charge is 0.407 e. The van der Waals surface area contributed by atoms with Crippen molar-refractivity contribution < 1.29 is 34.1 Å². The van der Waals surface area contributed by atoms with Crippen molar-refractivity contribution in [2.75, 3.05) is 13.7 Å². The maximum atomic E-state index is 13.1. The first kappa shape index (κ1) is 36.6. The van der Waals surface area contributed by atoms with Gasteiger partial charge in [0.05, 0.1) is 19.3 Å². The number of aliphatic hydroxyl groups is 2. The molecule has 268 valence electrons. The average molecular weight is 669 g/mol. The van der Waals surface area contributed by atoms with Crippen LogP contribution in [0.25, 0.3) is 0 Å². The molecule has 4 N–H and O–H groups in total. The standard InChI is InChI=1S/C39H60N2O7/c1-25(29-14-15-30-35-31(18-20-39(29,30)3)38(2)19-17-28(42)22-27(38)23-33(35)43)13-16-34(44)41-32(36(45)47-4)12-8-9-21-40-37(46)48-24-26-10-6-5-7-11-26/h5-7,10-11,25,27-33,35,42-43H,8-9,12-24H2,1-4H3,(H,40,46)(H,41,44)/t25-,27?,28-,29?,30?,31?,32+,33+,35?,38+,39-/m1/s1. The number of fused-ring (bicyclic) bond motifs is 5. The van der Waals surface area contributed by atoms with Crippen molar-refractivity contribution in [2.45, 2.75) is 129 Å². The summed E-state index contributed by atoms with van der Waals surface area (Å²) in [4.78, 5) is 37.6. The normalized spacial score (nSPS) is 35.2. The summed E-state index contributed by atoms with van der Waals surface area (Å²) < 4.78 is 10.2. The Labute approximate surface area is 287 Å². The lowest BCUT2D eigenvalue weighted by molar-refractivity contribution is -0.174. The zero-order valence-electron chi connectivity index (χ0n) is 29.6. The number of carbonyl (C=O) groups is 3. The van der Waals surface area contributed by atoms with Gasteiger partial charge in [0.15, 0.2) is 0 Å². The summed E-state index contributed by atoms with van der Waals surface area (Å²) in [5.41, 5.74) is 1.29. The van der Waals surface area contributed by atoms with Crippen LogP contribution in [-0.2, 0) is 25.7 Å². The largest absolute Gasteiger partial charge is 0.467 e. The van der Waals surface area contributed by atoms with Gasteiger partial charge < -0.3 is 30.3 Å². The van der Waals surface area contributed by atoms with Gasteiger partial charge in [-0.15, -0.1) is 0 Å². The number of methoxy groups -OCH3 is 1. The number of aliphatic hydroxyl groups excluding tert-OH is 2. The lowest BCUT2D eigenvalue weighted by Gasteiger charge is -2.62. The Hall–Kier alpha value is -2.65. The summed E-state index contributed by atoms with van der Waals surface area (Å²) in [6.07, 6.45) is 10.0. The van der Waals surface area contributed by atoms with Crippen LogP contribution < -0.4 is 10.6 Å². The van der Waals surface area contributed by atoms with Gasteiger partial charge in [-0.1, -0.05) is 51.1 Å². The Morgan fingerprint density at radius 1 is 0.938 bits per heavy atom. The van der Waals surface area contributed by atoms with E-state index in [0.29, 0.717) is 67.7 Å². The van der Waals surface area contributed by atoms with Gasteiger partial charge in [-0.25, -0.2) is 9.59 Å². The van der Waals surface area contributed by atoms with E-state index in [1.54, 1.807) is 0 Å². The first-order chi connectivity index (χ1) is 23.0. The van der Waals surface area contributed by atoms with E-state index in [2.05, 4.69) is 31.4 Å². The van der Waals surface area contributed by atoms with Crippen LogP contribution in [0.15, 0.2) is 30.3 Å². The van der Waals surface area contributed by atoms with Gasteiger partial charge in [-0.05, 0) is 129 Å². The molecular formula is C39H60N2O7. The molecule has 0 aromatic heterocycles. The van der Waals surface area contributed by atoms with E-state index in [1.807, 2.05) is 30.3 Å². The van der Waals surface area contributed by atoms with E-state index in [0.717, 1.165) is 56.9 Å². The molecule has 0 aliphatic heterocycles. The highest BCUT2D eigenvalue weighted by atomic mass is 16.5. The summed E-state index contributed by atoms with van der Waals surface area (Å²) in [5, 5.41) is 27.6. The average Bonchev–Trinajstić information content (AvgIpc) is 3.43. The molecule has 4 saturated carbocycles. The van der Waals surface area contributed by atoms with Gasteiger partial charge >= 0.3 is 12.1 Å². The molecule has 4 aliphatic rings. The third kappa shape index (κ3) is 8.04. The third-order valence-electron chi connectivity index (χ3n) is 13.5. The van der Waals surface area contributed by atoms with E-state index < -0.39 is 18.1 Å². The predicted octanol–water partition coefficient (Wildman–Crippen LogP) is 6.15. The number of benzene rings is 1. The molecule has 1 aromatic rings. The van der Waals surface area contributed by atoms with Gasteiger partial charge in [0.2, 0.25) is 5.91 Å². The number of hydrogen-bond donors (Lipinski definition) is 4. The number of amides is 2. The predicted molar refractivity (Wildman–Crippen MR) is 183 cm³/mol. The first-order valence-corrected chi connectivity index (χ1v) is 18.6. The minimum Gasteiger partial charge on any atom is -0.467 e. The first-order valence-electron chi connectivity index (χ1n) is 18.6. The lowest BCUT2D eigenvalue weighted by atomic mass is 9.43. The highest BCUT2D eigenvalue weighted by Gasteiger charge is 2.62. The highest BCUT2D eigenvalue weighted by Crippen LogP contribution is 2.68. The fourth-order valence-electron chi connectivity index (χ4n) is 10.8. The molecule has 0 saturated heterocycles. The second-order valence-corrected chi connectivity index (χ2v) is 16.1. The fraction of sp³-hybridized carbons (Fsp3) is 0.769. The summed E-state index contributed by atoms with van der Waals surface area (Å²) in [6.45, 7) is 7.81. The number of hydrogen-bond acceptors (Lipinski definition) is 7. The van der Waals surface area contributed by atoms with E-state index in [-0.39, 0.29) is 35.6 Å². The molecule has 9 heteroatoms. The van der Waals surface area contributed by atoms with Crippen molar-refractivity contribution in [1.29, 1.82) is 0 Å². The maximum Gasteiger partial charge on any atom is 0.407 e. The summed E-state index contributed by atoms with van der Waals surface area (Å²) in [6, 6.07) is 8.77. The summed E-state index contributed by atoms with van der Waals surface area (Å²) in [5.74, 6) is 2.05. The van der Waals surface area contributed by atoms with Crippen molar-refractivity contribution >= 4 is 18.0 Å². The Bertz CT molecular complexity index is 1240. The van der Waals surface area contributed by atoms with Gasteiger partial charge in [0.25, 0.3) is 0 Å². The van der Waals surface area contributed by atoms with Crippen LogP contribution in [0.4, 0.5) is 4.79 Å². The van der Waals surface area contributed by atoms with Gasteiger partial charge in [-0.3, -0.25) is 4.79 Å². The molecule has 0 spiro atoms. The second-order valence-electron chi connectivity index (χ2n) is 16.1. The van der Waals surface area contributed by atoms with E-state index in [4.69, 9.17) is 9.47 Å². The molecule has 1 aromatic carbocycles. The fourth-order valence-corrected chi connectivity index (χ4v) is 10.8. The topological polar surface area (TPSA) is 134 Å². The maximum absolute atomic E-state index is 13.1. The van der Waals surface area contributed by atoms with Crippen molar-refractivity contribution in [2.24, 2.45) is 46.3 Å². The number of unbranched alkanes of at least 4 members (excludes halogenated alkanes) is 1. The highest BCUT2D eigenvalue weighted by molar-refractivity contribution is 5.84. The second kappa shape index (κ2) is 15.9. The van der Waals surface area contributed by atoms with Crippen molar-refractivity contribution in [1.82, 2.24) is 10.6 Å². The van der Waals surface area contributed by atoms with E-state index >= 15 is 0 Å². The van der Waals surface area contributed by atoms with Crippen LogP contribution >= 0.6 is 0 Å². The molecule has 2 amide bonds. The molecule has 4 fully saturated rings. The number of nitrogens with one attached hydrogen (secondary N) is 2. The van der Waals surface area contributed by atoms with Gasteiger partial charge in [0.1, 0.15) is 12.6 Å². The zero-order valence-corrected chi connectivity index (χ0v) is 29.6. The molecule has 0 bridgehead atoms. The van der Waals surface area contributed by atoms with E-state index in [9.17, 15) is 24.6 Å². The summed E-state index contributed by atoms with van der Waals surface area (Å²) in [7, 11) is 1.33.